The Kier molecular flexibility index (Phi) is 5.58. The monoisotopic (exact) mass is 406 g/mol. The summed E-state index contributed by atoms with van der Waals surface area (Å²) >= 11 is 0. The van der Waals surface area contributed by atoms with Gasteiger partial charge in [0.15, 0.2) is 0 Å². The molecule has 0 saturated carbocycles. The van der Waals surface area contributed by atoms with Crippen molar-refractivity contribution in [2.75, 3.05) is 37.7 Å². The van der Waals surface area contributed by atoms with E-state index in [2.05, 4.69) is 21.8 Å². The molecule has 2 aliphatic heterocycles. The predicted molar refractivity (Wildman–Crippen MR) is 110 cm³/mol. The number of benzene rings is 1. The minimum Gasteiger partial charge on any atom is -0.378 e. The van der Waals surface area contributed by atoms with E-state index in [9.17, 15) is 14.4 Å². The lowest BCUT2D eigenvalue weighted by molar-refractivity contribution is 0.0672. The van der Waals surface area contributed by atoms with Gasteiger partial charge >= 0.3 is 0 Å². The van der Waals surface area contributed by atoms with Crippen molar-refractivity contribution in [3.8, 4) is 0 Å². The Balaban J connectivity index is 1.40. The number of hydrogen-bond acceptors (Lipinski definition) is 6. The van der Waals surface area contributed by atoms with E-state index in [4.69, 9.17) is 4.74 Å². The Labute approximate surface area is 174 Å². The number of fused-ring (bicyclic) bond motifs is 1. The van der Waals surface area contributed by atoms with Crippen molar-refractivity contribution in [2.45, 2.75) is 6.54 Å². The molecule has 0 atom stereocenters. The van der Waals surface area contributed by atoms with Gasteiger partial charge in [-0.15, -0.1) is 6.58 Å². The Morgan fingerprint density at radius 3 is 2.60 bits per heavy atom. The molecular formula is C22H22N4O4. The van der Waals surface area contributed by atoms with Crippen LogP contribution < -0.4 is 10.2 Å². The van der Waals surface area contributed by atoms with Gasteiger partial charge in [-0.2, -0.15) is 0 Å². The molecule has 30 heavy (non-hydrogen) atoms. The average Bonchev–Trinajstić information content (AvgIpc) is 3.03. The molecule has 2 aliphatic rings. The number of hydrogen-bond donors (Lipinski definition) is 1. The van der Waals surface area contributed by atoms with Crippen LogP contribution in [-0.4, -0.2) is 60.5 Å². The quantitative estimate of drug-likeness (QED) is 0.579. The first-order valence-electron chi connectivity index (χ1n) is 9.75. The van der Waals surface area contributed by atoms with Crippen molar-refractivity contribution in [3.63, 3.8) is 0 Å². The van der Waals surface area contributed by atoms with E-state index >= 15 is 0 Å². The van der Waals surface area contributed by atoms with Gasteiger partial charge < -0.3 is 15.0 Å². The third-order valence-corrected chi connectivity index (χ3v) is 5.14. The second-order valence-electron chi connectivity index (χ2n) is 7.08. The third kappa shape index (κ3) is 3.81. The van der Waals surface area contributed by atoms with Crippen molar-refractivity contribution in [1.29, 1.82) is 0 Å². The van der Waals surface area contributed by atoms with E-state index in [1.807, 2.05) is 12.1 Å². The predicted octanol–water partition coefficient (Wildman–Crippen LogP) is 1.63. The molecule has 8 heteroatoms. The lowest BCUT2D eigenvalue weighted by atomic mass is 10.1. The lowest BCUT2D eigenvalue weighted by Gasteiger charge is -2.27. The summed E-state index contributed by atoms with van der Waals surface area (Å²) in [6, 6.07) is 8.40. The highest BCUT2D eigenvalue weighted by Crippen LogP contribution is 2.24. The largest absolute Gasteiger partial charge is 0.378 e. The zero-order valence-corrected chi connectivity index (χ0v) is 16.5. The normalized spacial score (nSPS) is 15.9. The van der Waals surface area contributed by atoms with Gasteiger partial charge in [-0.05, 0) is 29.8 Å². The molecule has 2 aromatic rings. The first-order chi connectivity index (χ1) is 14.6. The summed E-state index contributed by atoms with van der Waals surface area (Å²) in [5.74, 6) is -0.211. The molecule has 3 heterocycles. The van der Waals surface area contributed by atoms with Crippen molar-refractivity contribution >= 4 is 23.5 Å². The molecule has 1 aromatic heterocycles. The number of anilines is 1. The summed E-state index contributed by atoms with van der Waals surface area (Å²) < 4.78 is 5.35. The van der Waals surface area contributed by atoms with Crippen LogP contribution in [0, 0.1) is 0 Å². The first kappa shape index (κ1) is 19.8. The van der Waals surface area contributed by atoms with Gasteiger partial charge in [0, 0.05) is 37.9 Å². The van der Waals surface area contributed by atoms with E-state index in [1.165, 1.54) is 18.2 Å². The Morgan fingerprint density at radius 1 is 1.13 bits per heavy atom. The van der Waals surface area contributed by atoms with Crippen LogP contribution in [0.4, 0.5) is 5.82 Å². The van der Waals surface area contributed by atoms with Gasteiger partial charge in [0.25, 0.3) is 17.7 Å². The van der Waals surface area contributed by atoms with Crippen molar-refractivity contribution in [3.05, 3.63) is 71.4 Å². The van der Waals surface area contributed by atoms with Gasteiger partial charge in [-0.1, -0.05) is 12.1 Å². The van der Waals surface area contributed by atoms with Gasteiger partial charge in [0.1, 0.15) is 5.82 Å². The van der Waals surface area contributed by atoms with Crippen LogP contribution in [0.15, 0.2) is 49.2 Å². The fraction of sp³-hybridized carbons (Fsp3) is 0.273. The standard InChI is InChI=1S/C22H22N4O4/c1-2-7-26-21(28)17-5-4-16(12-18(17)22(26)29)20(27)24-14-15-3-6-19(23-13-15)25-8-10-30-11-9-25/h2-6,12-13H,1,7-11,14H2,(H,24,27). The molecule has 0 spiro atoms. The fourth-order valence-electron chi connectivity index (χ4n) is 3.51. The number of pyridine rings is 1. The lowest BCUT2D eigenvalue weighted by Crippen LogP contribution is -2.36. The van der Waals surface area contributed by atoms with Crippen LogP contribution >= 0.6 is 0 Å². The third-order valence-electron chi connectivity index (χ3n) is 5.14. The molecular weight excluding hydrogens is 384 g/mol. The number of rotatable bonds is 6. The number of carbonyl (C=O) groups excluding carboxylic acids is 3. The van der Waals surface area contributed by atoms with E-state index < -0.39 is 5.91 Å². The number of amides is 3. The minimum atomic E-state index is -0.410. The van der Waals surface area contributed by atoms with Crippen LogP contribution in [0.5, 0.6) is 0 Å². The van der Waals surface area contributed by atoms with Crippen LogP contribution in [0.2, 0.25) is 0 Å². The Morgan fingerprint density at radius 2 is 1.90 bits per heavy atom. The van der Waals surface area contributed by atoms with Crippen LogP contribution in [-0.2, 0) is 11.3 Å². The summed E-state index contributed by atoms with van der Waals surface area (Å²) in [5, 5.41) is 2.83. The summed E-state index contributed by atoms with van der Waals surface area (Å²) in [6.07, 6.45) is 3.23. The molecule has 0 aliphatic carbocycles. The highest BCUT2D eigenvalue weighted by atomic mass is 16.5. The van der Waals surface area contributed by atoms with Crippen LogP contribution in [0.1, 0.15) is 36.6 Å². The van der Waals surface area contributed by atoms with Crippen LogP contribution in [0.3, 0.4) is 0 Å². The van der Waals surface area contributed by atoms with E-state index in [-0.39, 0.29) is 23.9 Å². The summed E-state index contributed by atoms with van der Waals surface area (Å²) in [4.78, 5) is 45.0. The summed E-state index contributed by atoms with van der Waals surface area (Å²) in [7, 11) is 0. The molecule has 0 bridgehead atoms. The fourth-order valence-corrected chi connectivity index (χ4v) is 3.51. The number of morpholine rings is 1. The molecule has 0 unspecified atom stereocenters. The molecule has 1 aromatic carbocycles. The molecule has 0 radical (unpaired) electrons. The molecule has 1 N–H and O–H groups in total. The summed E-state index contributed by atoms with van der Waals surface area (Å²) in [5.41, 5.74) is 1.74. The summed E-state index contributed by atoms with van der Waals surface area (Å²) in [6.45, 7) is 7.02. The molecule has 3 amide bonds. The Hall–Kier alpha value is -3.52. The zero-order chi connectivity index (χ0) is 21.1. The number of imide groups is 1. The van der Waals surface area contributed by atoms with E-state index in [0.717, 1.165) is 29.4 Å². The molecule has 154 valence electrons. The van der Waals surface area contributed by atoms with Gasteiger partial charge in [-0.25, -0.2) is 4.98 Å². The maximum absolute atomic E-state index is 12.5. The minimum absolute atomic E-state index is 0.140. The zero-order valence-electron chi connectivity index (χ0n) is 16.5. The maximum atomic E-state index is 12.5. The highest BCUT2D eigenvalue weighted by molar-refractivity contribution is 6.22. The second-order valence-corrected chi connectivity index (χ2v) is 7.08. The number of carbonyl (C=O) groups is 3. The topological polar surface area (TPSA) is 91.8 Å². The van der Waals surface area contributed by atoms with E-state index in [0.29, 0.717) is 30.9 Å². The molecule has 4 rings (SSSR count). The van der Waals surface area contributed by atoms with E-state index in [1.54, 1.807) is 12.3 Å². The maximum Gasteiger partial charge on any atom is 0.261 e. The Bertz CT molecular complexity index is 997. The first-order valence-corrected chi connectivity index (χ1v) is 9.75. The van der Waals surface area contributed by atoms with Gasteiger partial charge in [0.2, 0.25) is 0 Å². The number of ether oxygens (including phenoxy) is 1. The van der Waals surface area contributed by atoms with Crippen molar-refractivity contribution in [1.82, 2.24) is 15.2 Å². The molecule has 1 saturated heterocycles. The number of nitrogens with zero attached hydrogens (tertiary/aromatic N) is 3. The second kappa shape index (κ2) is 8.46. The van der Waals surface area contributed by atoms with Crippen LogP contribution in [0.25, 0.3) is 0 Å². The number of nitrogens with one attached hydrogen (secondary N) is 1. The van der Waals surface area contributed by atoms with Gasteiger partial charge in [-0.3, -0.25) is 19.3 Å². The SMILES string of the molecule is C=CCN1C(=O)c2ccc(C(=O)NCc3ccc(N4CCOCC4)nc3)cc2C1=O. The van der Waals surface area contributed by atoms with Gasteiger partial charge in [0.05, 0.1) is 24.3 Å². The van der Waals surface area contributed by atoms with Crippen molar-refractivity contribution in [2.24, 2.45) is 0 Å². The highest BCUT2D eigenvalue weighted by Gasteiger charge is 2.35. The van der Waals surface area contributed by atoms with Crippen molar-refractivity contribution < 1.29 is 19.1 Å². The smallest absolute Gasteiger partial charge is 0.261 e. The molecule has 8 nitrogen and oxygen atoms in total. The molecule has 1 fully saturated rings. The number of aromatic nitrogens is 1. The average molecular weight is 406 g/mol.